The number of rotatable bonds is 3. The van der Waals surface area contributed by atoms with Gasteiger partial charge < -0.3 is 10.5 Å². The second-order valence-electron chi connectivity index (χ2n) is 3.79. The molecule has 2 N–H and O–H groups in total. The third kappa shape index (κ3) is 2.05. The van der Waals surface area contributed by atoms with Crippen LogP contribution < -0.4 is 10.5 Å². The Morgan fingerprint density at radius 3 is 2.94 bits per heavy atom. The normalized spacial score (nSPS) is 12.6. The number of aromatic nitrogens is 2. The number of ether oxygens (including phenoxy) is 1. The number of hydrogen-bond donors (Lipinski definition) is 1. The summed E-state index contributed by atoms with van der Waals surface area (Å²) >= 11 is 0. The Balaban J connectivity index is 2.47. The zero-order valence-corrected chi connectivity index (χ0v) is 9.47. The number of benzene rings is 1. The van der Waals surface area contributed by atoms with Crippen molar-refractivity contribution in [2.24, 2.45) is 0 Å². The Hall–Kier alpha value is -1.84. The van der Waals surface area contributed by atoms with Crippen LogP contribution in [0.4, 0.5) is 5.69 Å². The van der Waals surface area contributed by atoms with Gasteiger partial charge in [-0.15, -0.1) is 0 Å². The van der Waals surface area contributed by atoms with Crippen LogP contribution in [0.3, 0.4) is 0 Å². The molecule has 4 nitrogen and oxygen atoms in total. The van der Waals surface area contributed by atoms with Gasteiger partial charge in [-0.3, -0.25) is 0 Å². The van der Waals surface area contributed by atoms with E-state index in [-0.39, 0.29) is 6.10 Å². The Kier molecular flexibility index (Phi) is 2.90. The van der Waals surface area contributed by atoms with Crippen molar-refractivity contribution in [2.75, 3.05) is 5.73 Å². The van der Waals surface area contributed by atoms with Gasteiger partial charge in [0.1, 0.15) is 6.33 Å². The first-order chi connectivity index (χ1) is 7.70. The number of hydrogen-bond acceptors (Lipinski definition) is 4. The van der Waals surface area contributed by atoms with E-state index < -0.39 is 0 Å². The monoisotopic (exact) mass is 217 g/mol. The summed E-state index contributed by atoms with van der Waals surface area (Å²) in [5.74, 6) is 0.603. The molecular formula is C12H15N3O. The molecule has 0 aliphatic rings. The standard InChI is InChI=1S/C12H15N3O/c1-3-8(2)16-12-10-6-9(13)4-5-11(10)14-7-15-12/h4-8H,3,13H2,1-2H3. The van der Waals surface area contributed by atoms with Gasteiger partial charge in [0.15, 0.2) is 0 Å². The summed E-state index contributed by atoms with van der Waals surface area (Å²) in [6, 6.07) is 5.53. The topological polar surface area (TPSA) is 61.0 Å². The second kappa shape index (κ2) is 4.35. The van der Waals surface area contributed by atoms with Gasteiger partial charge in [0.05, 0.1) is 17.0 Å². The van der Waals surface area contributed by atoms with E-state index in [1.54, 1.807) is 0 Å². The SMILES string of the molecule is CCC(C)Oc1ncnc2ccc(N)cc12. The fraction of sp³-hybridized carbons (Fsp3) is 0.333. The molecule has 0 saturated carbocycles. The first-order valence-electron chi connectivity index (χ1n) is 5.37. The predicted molar refractivity (Wildman–Crippen MR) is 64.3 cm³/mol. The molecule has 1 atom stereocenters. The minimum atomic E-state index is 0.138. The van der Waals surface area contributed by atoms with Crippen molar-refractivity contribution in [3.05, 3.63) is 24.5 Å². The molecule has 2 rings (SSSR count). The van der Waals surface area contributed by atoms with Crippen LogP contribution in [0, 0.1) is 0 Å². The van der Waals surface area contributed by atoms with Crippen LogP contribution in [-0.2, 0) is 0 Å². The molecule has 2 aromatic rings. The van der Waals surface area contributed by atoms with E-state index in [9.17, 15) is 0 Å². The highest BCUT2D eigenvalue weighted by Gasteiger charge is 2.08. The lowest BCUT2D eigenvalue weighted by atomic mass is 10.2. The van der Waals surface area contributed by atoms with Gasteiger partial charge in [0, 0.05) is 5.69 Å². The number of anilines is 1. The highest BCUT2D eigenvalue weighted by Crippen LogP contribution is 2.24. The molecule has 0 aliphatic carbocycles. The first kappa shape index (κ1) is 10.7. The van der Waals surface area contributed by atoms with Crippen molar-refractivity contribution in [3.8, 4) is 5.88 Å². The average molecular weight is 217 g/mol. The smallest absolute Gasteiger partial charge is 0.224 e. The molecule has 1 heterocycles. The highest BCUT2D eigenvalue weighted by molar-refractivity contribution is 5.86. The summed E-state index contributed by atoms with van der Waals surface area (Å²) in [7, 11) is 0. The fourth-order valence-electron chi connectivity index (χ4n) is 1.42. The van der Waals surface area contributed by atoms with E-state index in [0.29, 0.717) is 11.6 Å². The minimum Gasteiger partial charge on any atom is -0.474 e. The zero-order valence-electron chi connectivity index (χ0n) is 9.47. The van der Waals surface area contributed by atoms with E-state index in [4.69, 9.17) is 10.5 Å². The number of nitrogens with two attached hydrogens (primary N) is 1. The molecule has 0 saturated heterocycles. The minimum absolute atomic E-state index is 0.138. The van der Waals surface area contributed by atoms with Crippen LogP contribution in [0.15, 0.2) is 24.5 Å². The van der Waals surface area contributed by atoms with E-state index >= 15 is 0 Å². The third-order valence-electron chi connectivity index (χ3n) is 2.51. The van der Waals surface area contributed by atoms with Crippen molar-refractivity contribution < 1.29 is 4.74 Å². The Morgan fingerprint density at radius 1 is 1.38 bits per heavy atom. The summed E-state index contributed by atoms with van der Waals surface area (Å²) in [5, 5.41) is 0.864. The molecule has 1 unspecified atom stereocenters. The number of nitrogens with zero attached hydrogens (tertiary/aromatic N) is 2. The molecule has 0 radical (unpaired) electrons. The maximum atomic E-state index is 5.74. The molecule has 1 aromatic carbocycles. The second-order valence-corrected chi connectivity index (χ2v) is 3.79. The van der Waals surface area contributed by atoms with Gasteiger partial charge in [-0.05, 0) is 31.5 Å². The largest absolute Gasteiger partial charge is 0.474 e. The van der Waals surface area contributed by atoms with Gasteiger partial charge in [-0.2, -0.15) is 0 Å². The average Bonchev–Trinajstić information content (AvgIpc) is 2.29. The van der Waals surface area contributed by atoms with Crippen LogP contribution in [0.1, 0.15) is 20.3 Å². The Labute approximate surface area is 94.5 Å². The van der Waals surface area contributed by atoms with Gasteiger partial charge >= 0.3 is 0 Å². The van der Waals surface area contributed by atoms with Crippen molar-refractivity contribution in [1.82, 2.24) is 9.97 Å². The van der Waals surface area contributed by atoms with Crippen molar-refractivity contribution in [2.45, 2.75) is 26.4 Å². The molecule has 84 valence electrons. The van der Waals surface area contributed by atoms with Crippen molar-refractivity contribution in [1.29, 1.82) is 0 Å². The molecule has 1 aromatic heterocycles. The molecule has 4 heteroatoms. The maximum Gasteiger partial charge on any atom is 0.224 e. The summed E-state index contributed by atoms with van der Waals surface area (Å²) in [5.41, 5.74) is 7.29. The molecule has 0 fully saturated rings. The van der Waals surface area contributed by atoms with E-state index in [1.807, 2.05) is 25.1 Å². The van der Waals surface area contributed by atoms with Gasteiger partial charge in [0.25, 0.3) is 0 Å². The lowest BCUT2D eigenvalue weighted by Crippen LogP contribution is -2.11. The van der Waals surface area contributed by atoms with E-state index in [1.165, 1.54) is 6.33 Å². The molecule has 0 amide bonds. The van der Waals surface area contributed by atoms with E-state index in [0.717, 1.165) is 17.3 Å². The van der Waals surface area contributed by atoms with Crippen molar-refractivity contribution >= 4 is 16.6 Å². The summed E-state index contributed by atoms with van der Waals surface area (Å²) in [6.07, 6.45) is 2.59. The molecule has 0 bridgehead atoms. The predicted octanol–water partition coefficient (Wildman–Crippen LogP) is 2.39. The Bertz CT molecular complexity index is 499. The van der Waals surface area contributed by atoms with E-state index in [2.05, 4.69) is 16.9 Å². The fourth-order valence-corrected chi connectivity index (χ4v) is 1.42. The molecular weight excluding hydrogens is 202 g/mol. The van der Waals surface area contributed by atoms with Crippen LogP contribution in [0.5, 0.6) is 5.88 Å². The van der Waals surface area contributed by atoms with Crippen LogP contribution in [0.2, 0.25) is 0 Å². The molecule has 0 spiro atoms. The molecule has 0 aliphatic heterocycles. The Morgan fingerprint density at radius 2 is 2.19 bits per heavy atom. The lowest BCUT2D eigenvalue weighted by Gasteiger charge is -2.13. The quantitative estimate of drug-likeness (QED) is 0.802. The van der Waals surface area contributed by atoms with Crippen LogP contribution >= 0.6 is 0 Å². The van der Waals surface area contributed by atoms with Crippen molar-refractivity contribution in [3.63, 3.8) is 0 Å². The van der Waals surface area contributed by atoms with Crippen LogP contribution in [0.25, 0.3) is 10.9 Å². The maximum absolute atomic E-state index is 5.74. The lowest BCUT2D eigenvalue weighted by molar-refractivity contribution is 0.211. The number of nitrogen functional groups attached to an aromatic ring is 1. The summed E-state index contributed by atoms with van der Waals surface area (Å²) in [4.78, 5) is 8.32. The first-order valence-corrected chi connectivity index (χ1v) is 5.37. The highest BCUT2D eigenvalue weighted by atomic mass is 16.5. The number of fused-ring (bicyclic) bond motifs is 1. The van der Waals surface area contributed by atoms with Gasteiger partial charge in [0.2, 0.25) is 5.88 Å². The van der Waals surface area contributed by atoms with Crippen LogP contribution in [-0.4, -0.2) is 16.1 Å². The molecule has 16 heavy (non-hydrogen) atoms. The third-order valence-corrected chi connectivity index (χ3v) is 2.51. The van der Waals surface area contributed by atoms with Gasteiger partial charge in [-0.1, -0.05) is 6.92 Å². The summed E-state index contributed by atoms with van der Waals surface area (Å²) < 4.78 is 5.73. The summed E-state index contributed by atoms with van der Waals surface area (Å²) in [6.45, 7) is 4.09. The van der Waals surface area contributed by atoms with Gasteiger partial charge in [-0.25, -0.2) is 9.97 Å². The zero-order chi connectivity index (χ0) is 11.5.